The van der Waals surface area contributed by atoms with E-state index >= 15 is 0 Å². The fourth-order valence-corrected chi connectivity index (χ4v) is 0.661. The lowest BCUT2D eigenvalue weighted by atomic mass is 10.2. The average molecular weight is 152 g/mol. The number of methoxy groups -OCH3 is 1. The maximum atomic E-state index is 10.7. The molecule has 0 spiro atoms. The van der Waals surface area contributed by atoms with Gasteiger partial charge in [-0.25, -0.2) is 0 Å². The molecule has 4 heteroatoms. The van der Waals surface area contributed by atoms with Crippen molar-refractivity contribution in [2.24, 2.45) is 0 Å². The largest absolute Gasteiger partial charge is 0.469 e. The van der Waals surface area contributed by atoms with Crippen molar-refractivity contribution in [2.75, 3.05) is 7.11 Å². The molecule has 0 N–H and O–H groups in total. The third-order valence-electron chi connectivity index (χ3n) is 1.22. The second kappa shape index (κ2) is 3.65. The van der Waals surface area contributed by atoms with E-state index in [1.54, 1.807) is 6.07 Å². The molecule has 0 saturated carbocycles. The molecule has 0 aromatic carbocycles. The predicted octanol–water partition coefficient (Wildman–Crippen LogP) is 0.192. The van der Waals surface area contributed by atoms with Crippen molar-refractivity contribution >= 4 is 5.97 Å². The molecule has 0 radical (unpaired) electrons. The Morgan fingerprint density at radius 3 is 3.00 bits per heavy atom. The van der Waals surface area contributed by atoms with E-state index in [1.807, 2.05) is 0 Å². The van der Waals surface area contributed by atoms with Crippen LogP contribution in [-0.4, -0.2) is 23.3 Å². The second-order valence-electron chi connectivity index (χ2n) is 2.00. The molecule has 4 nitrogen and oxygen atoms in total. The molecule has 0 aliphatic heterocycles. The van der Waals surface area contributed by atoms with E-state index in [0.29, 0.717) is 0 Å². The standard InChI is InChI=1S/C7H8N2O2/c1-11-7(10)4-6-2-3-8-9-5-6/h2-3,5H,4H2,1H3. The van der Waals surface area contributed by atoms with E-state index in [1.165, 1.54) is 19.5 Å². The Bertz CT molecular complexity index is 235. The highest BCUT2D eigenvalue weighted by Crippen LogP contribution is 1.95. The van der Waals surface area contributed by atoms with Crippen LogP contribution in [0.25, 0.3) is 0 Å². The average Bonchev–Trinajstić information content (AvgIpc) is 2.06. The lowest BCUT2D eigenvalue weighted by Crippen LogP contribution is -2.04. The van der Waals surface area contributed by atoms with E-state index in [-0.39, 0.29) is 12.4 Å². The van der Waals surface area contributed by atoms with Gasteiger partial charge in [-0.1, -0.05) is 0 Å². The summed E-state index contributed by atoms with van der Waals surface area (Å²) in [5.41, 5.74) is 0.812. The van der Waals surface area contributed by atoms with Crippen LogP contribution in [0.4, 0.5) is 0 Å². The van der Waals surface area contributed by atoms with Crippen molar-refractivity contribution in [2.45, 2.75) is 6.42 Å². The molecule has 11 heavy (non-hydrogen) atoms. The maximum absolute atomic E-state index is 10.7. The van der Waals surface area contributed by atoms with Crippen molar-refractivity contribution in [3.05, 3.63) is 24.0 Å². The Kier molecular flexibility index (Phi) is 2.54. The molecule has 1 aromatic heterocycles. The molecule has 1 heterocycles. The van der Waals surface area contributed by atoms with Gasteiger partial charge in [0.05, 0.1) is 19.7 Å². The highest BCUT2D eigenvalue weighted by molar-refractivity contribution is 5.72. The Morgan fingerprint density at radius 2 is 2.45 bits per heavy atom. The van der Waals surface area contributed by atoms with Gasteiger partial charge in [-0.05, 0) is 11.6 Å². The molecular weight excluding hydrogens is 144 g/mol. The quantitative estimate of drug-likeness (QED) is 0.568. The number of hydrogen-bond acceptors (Lipinski definition) is 4. The Hall–Kier alpha value is -1.45. The molecule has 0 saturated heterocycles. The number of hydrogen-bond donors (Lipinski definition) is 0. The van der Waals surface area contributed by atoms with Gasteiger partial charge in [0.1, 0.15) is 0 Å². The van der Waals surface area contributed by atoms with Crippen LogP contribution in [0.15, 0.2) is 18.5 Å². The zero-order valence-electron chi connectivity index (χ0n) is 6.15. The number of aromatic nitrogens is 2. The van der Waals surface area contributed by atoms with Crippen molar-refractivity contribution in [3.8, 4) is 0 Å². The van der Waals surface area contributed by atoms with Gasteiger partial charge in [0.2, 0.25) is 0 Å². The minimum Gasteiger partial charge on any atom is -0.469 e. The van der Waals surface area contributed by atoms with Crippen LogP contribution in [-0.2, 0) is 16.0 Å². The molecule has 0 atom stereocenters. The van der Waals surface area contributed by atoms with Crippen LogP contribution in [0.3, 0.4) is 0 Å². The summed E-state index contributed by atoms with van der Waals surface area (Å²) in [6.45, 7) is 0. The van der Waals surface area contributed by atoms with Gasteiger partial charge in [-0.3, -0.25) is 4.79 Å². The molecule has 1 rings (SSSR count). The summed E-state index contributed by atoms with van der Waals surface area (Å²) in [5, 5.41) is 7.19. The van der Waals surface area contributed by atoms with Gasteiger partial charge < -0.3 is 4.74 Å². The smallest absolute Gasteiger partial charge is 0.310 e. The summed E-state index contributed by atoms with van der Waals surface area (Å²) >= 11 is 0. The topological polar surface area (TPSA) is 52.1 Å². The third-order valence-corrected chi connectivity index (χ3v) is 1.22. The lowest BCUT2D eigenvalue weighted by molar-refractivity contribution is -0.139. The number of esters is 1. The van der Waals surface area contributed by atoms with Crippen LogP contribution in [0, 0.1) is 0 Å². The van der Waals surface area contributed by atoms with Crippen molar-refractivity contribution < 1.29 is 9.53 Å². The first-order valence-electron chi connectivity index (χ1n) is 3.15. The highest BCUT2D eigenvalue weighted by atomic mass is 16.5. The maximum Gasteiger partial charge on any atom is 0.310 e. The molecule has 0 aliphatic carbocycles. The first kappa shape index (κ1) is 7.65. The number of carbonyl (C=O) groups excluding carboxylic acids is 1. The summed E-state index contributed by atoms with van der Waals surface area (Å²) < 4.78 is 4.47. The van der Waals surface area contributed by atoms with Crippen LogP contribution in [0.1, 0.15) is 5.56 Å². The second-order valence-corrected chi connectivity index (χ2v) is 2.00. The zero-order chi connectivity index (χ0) is 8.10. The number of carbonyl (C=O) groups is 1. The molecule has 0 bridgehead atoms. The van der Waals surface area contributed by atoms with Crippen molar-refractivity contribution in [1.29, 1.82) is 0 Å². The summed E-state index contributed by atoms with van der Waals surface area (Å²) in [4.78, 5) is 10.7. The Balaban J connectivity index is 2.58. The molecule has 0 fully saturated rings. The highest BCUT2D eigenvalue weighted by Gasteiger charge is 2.00. The number of rotatable bonds is 2. The van der Waals surface area contributed by atoms with Gasteiger partial charge in [-0.15, -0.1) is 0 Å². The summed E-state index contributed by atoms with van der Waals surface area (Å²) in [6.07, 6.45) is 3.33. The minimum atomic E-state index is -0.266. The zero-order valence-corrected chi connectivity index (χ0v) is 6.15. The first-order chi connectivity index (χ1) is 5.33. The molecular formula is C7H8N2O2. The molecule has 0 aliphatic rings. The van der Waals surface area contributed by atoms with Crippen LogP contribution in [0.5, 0.6) is 0 Å². The van der Waals surface area contributed by atoms with Gasteiger partial charge in [0.15, 0.2) is 0 Å². The van der Waals surface area contributed by atoms with E-state index in [0.717, 1.165) is 5.56 Å². The number of ether oxygens (including phenoxy) is 1. The summed E-state index contributed by atoms with van der Waals surface area (Å²) in [7, 11) is 1.36. The minimum absolute atomic E-state index is 0.256. The monoisotopic (exact) mass is 152 g/mol. The van der Waals surface area contributed by atoms with Crippen molar-refractivity contribution in [1.82, 2.24) is 10.2 Å². The molecule has 58 valence electrons. The normalized spacial score (nSPS) is 9.18. The van der Waals surface area contributed by atoms with Crippen molar-refractivity contribution in [3.63, 3.8) is 0 Å². The lowest BCUT2D eigenvalue weighted by Gasteiger charge is -1.96. The van der Waals surface area contributed by atoms with E-state index in [4.69, 9.17) is 0 Å². The molecule has 0 amide bonds. The van der Waals surface area contributed by atoms with Gasteiger partial charge in [-0.2, -0.15) is 10.2 Å². The van der Waals surface area contributed by atoms with Gasteiger partial charge >= 0.3 is 5.97 Å². The van der Waals surface area contributed by atoms with Crippen LogP contribution in [0.2, 0.25) is 0 Å². The molecule has 0 unspecified atom stereocenters. The fourth-order valence-electron chi connectivity index (χ4n) is 0.661. The number of nitrogens with zero attached hydrogens (tertiary/aromatic N) is 2. The van der Waals surface area contributed by atoms with Gasteiger partial charge in [0, 0.05) is 6.20 Å². The van der Waals surface area contributed by atoms with Gasteiger partial charge in [0.25, 0.3) is 0 Å². The van der Waals surface area contributed by atoms with Crippen LogP contribution < -0.4 is 0 Å². The van der Waals surface area contributed by atoms with E-state index < -0.39 is 0 Å². The third kappa shape index (κ3) is 2.33. The summed E-state index contributed by atoms with van der Waals surface area (Å²) in [6, 6.07) is 1.73. The van der Waals surface area contributed by atoms with Crippen LogP contribution >= 0.6 is 0 Å². The van der Waals surface area contributed by atoms with E-state index in [2.05, 4.69) is 14.9 Å². The fraction of sp³-hybridized carbons (Fsp3) is 0.286. The predicted molar refractivity (Wildman–Crippen MR) is 37.8 cm³/mol. The van der Waals surface area contributed by atoms with E-state index in [9.17, 15) is 4.79 Å². The Labute approximate surface area is 64.2 Å². The summed E-state index contributed by atoms with van der Waals surface area (Å²) in [5.74, 6) is -0.266. The Morgan fingerprint density at radius 1 is 1.64 bits per heavy atom. The SMILES string of the molecule is COC(=O)Cc1ccnnc1. The first-order valence-corrected chi connectivity index (χ1v) is 3.15. The molecule has 1 aromatic rings.